The molecule has 0 amide bonds. The van der Waals surface area contributed by atoms with Gasteiger partial charge in [0.05, 0.1) is 20.6 Å². The van der Waals surface area contributed by atoms with E-state index >= 15 is 0 Å². The van der Waals surface area contributed by atoms with Crippen LogP contribution in [-0.4, -0.2) is 43.5 Å². The lowest BCUT2D eigenvalue weighted by molar-refractivity contribution is -0.902. The van der Waals surface area contributed by atoms with Crippen LogP contribution < -0.4 is 0 Å². The molecule has 0 heterocycles. The average molecular weight is 337 g/mol. The van der Waals surface area contributed by atoms with Gasteiger partial charge >= 0.3 is 10.1 Å². The Kier molecular flexibility index (Phi) is 11.3. The second-order valence-corrected chi connectivity index (χ2v) is 8.64. The molecule has 0 spiro atoms. The van der Waals surface area contributed by atoms with E-state index in [4.69, 9.17) is 0 Å². The molecule has 134 valence electrons. The van der Waals surface area contributed by atoms with E-state index in [0.717, 1.165) is 19.4 Å². The smallest absolute Gasteiger partial charge is 0.312 e. The average Bonchev–Trinajstić information content (AvgIpc) is 2.39. The first kappa shape index (κ1) is 21.9. The summed E-state index contributed by atoms with van der Waals surface area (Å²) in [7, 11) is -0.166. The fourth-order valence-electron chi connectivity index (χ4n) is 3.22. The van der Waals surface area contributed by atoms with Crippen molar-refractivity contribution in [3.63, 3.8) is 0 Å². The molecule has 1 N–H and O–H groups in total. The Morgan fingerprint density at radius 3 is 1.59 bits per heavy atom. The van der Waals surface area contributed by atoms with Crippen molar-refractivity contribution >= 4 is 10.1 Å². The molecule has 0 saturated carbocycles. The molecule has 0 aromatic carbocycles. The summed E-state index contributed by atoms with van der Waals surface area (Å²) in [5.74, 6) is 0. The summed E-state index contributed by atoms with van der Waals surface area (Å²) in [6.45, 7) is 4.86. The van der Waals surface area contributed by atoms with Crippen molar-refractivity contribution in [3.8, 4) is 0 Å². The van der Waals surface area contributed by atoms with Crippen LogP contribution in [0.3, 0.4) is 0 Å². The number of rotatable bonds is 14. The fourth-order valence-corrected chi connectivity index (χ4v) is 4.46. The zero-order valence-electron chi connectivity index (χ0n) is 15.2. The molecule has 1 unspecified atom stereocenters. The van der Waals surface area contributed by atoms with E-state index in [1.165, 1.54) is 51.4 Å². The molecular weight excluding hydrogens is 298 g/mol. The molecule has 22 heavy (non-hydrogen) atoms. The van der Waals surface area contributed by atoms with Crippen LogP contribution in [0.5, 0.6) is 0 Å². The molecule has 0 saturated heterocycles. The quantitative estimate of drug-likeness (QED) is 0.286. The summed E-state index contributed by atoms with van der Waals surface area (Å²) < 4.78 is 32.5. The highest BCUT2D eigenvalue weighted by Gasteiger charge is 2.36. The standard InChI is InChI=1S/C17H37NO3S/c1-5-7-8-9-10-11-12-13-14-15-16-18(3,4)17(6-2)22(19,20)21/h17H,5-16H2,1-4H3/p+1. The molecule has 0 aliphatic rings. The third-order valence-corrected chi connectivity index (χ3v) is 6.15. The van der Waals surface area contributed by atoms with Crippen molar-refractivity contribution < 1.29 is 17.5 Å². The maximum atomic E-state index is 11.4. The molecule has 1 atom stereocenters. The van der Waals surface area contributed by atoms with Gasteiger partial charge in [0.2, 0.25) is 5.37 Å². The van der Waals surface area contributed by atoms with Gasteiger partial charge in [0, 0.05) is 6.42 Å². The van der Waals surface area contributed by atoms with Crippen LogP contribution in [-0.2, 0) is 10.1 Å². The van der Waals surface area contributed by atoms with E-state index in [1.54, 1.807) is 0 Å². The van der Waals surface area contributed by atoms with Crippen molar-refractivity contribution in [2.24, 2.45) is 0 Å². The van der Waals surface area contributed by atoms with Crippen LogP contribution in [0, 0.1) is 0 Å². The van der Waals surface area contributed by atoms with E-state index in [9.17, 15) is 13.0 Å². The van der Waals surface area contributed by atoms with Gasteiger partial charge in [-0.15, -0.1) is 0 Å². The fraction of sp³-hybridized carbons (Fsp3) is 1.00. The molecule has 0 aromatic heterocycles. The molecule has 0 aromatic rings. The van der Waals surface area contributed by atoms with E-state index in [0.29, 0.717) is 10.9 Å². The highest BCUT2D eigenvalue weighted by Crippen LogP contribution is 2.18. The predicted molar refractivity (Wildman–Crippen MR) is 94.4 cm³/mol. The number of quaternary nitrogens is 1. The van der Waals surface area contributed by atoms with Gasteiger partial charge in [0.15, 0.2) is 0 Å². The lowest BCUT2D eigenvalue weighted by atomic mass is 10.1. The minimum atomic E-state index is -3.96. The van der Waals surface area contributed by atoms with Gasteiger partial charge in [-0.25, -0.2) is 0 Å². The zero-order valence-corrected chi connectivity index (χ0v) is 16.0. The van der Waals surface area contributed by atoms with Gasteiger partial charge in [-0.2, -0.15) is 8.42 Å². The molecule has 0 radical (unpaired) electrons. The monoisotopic (exact) mass is 336 g/mol. The Labute approximate surface area is 138 Å². The van der Waals surface area contributed by atoms with Crippen LogP contribution in [0.25, 0.3) is 0 Å². The predicted octanol–water partition coefficient (Wildman–Crippen LogP) is 4.61. The maximum Gasteiger partial charge on any atom is 0.319 e. The number of nitrogens with zero attached hydrogens (tertiary/aromatic N) is 1. The number of unbranched alkanes of at least 4 members (excludes halogenated alkanes) is 9. The molecule has 0 rings (SSSR count). The van der Waals surface area contributed by atoms with Crippen molar-refractivity contribution in [2.75, 3.05) is 20.6 Å². The summed E-state index contributed by atoms with van der Waals surface area (Å²) in [6.07, 6.45) is 13.2. The summed E-state index contributed by atoms with van der Waals surface area (Å²) in [4.78, 5) is 0. The Morgan fingerprint density at radius 2 is 1.23 bits per heavy atom. The third-order valence-electron chi connectivity index (χ3n) is 4.56. The Morgan fingerprint density at radius 1 is 0.818 bits per heavy atom. The van der Waals surface area contributed by atoms with Gasteiger partial charge in [0.25, 0.3) is 0 Å². The first-order valence-electron chi connectivity index (χ1n) is 9.04. The highest BCUT2D eigenvalue weighted by atomic mass is 32.2. The molecular formula is C17H38NO3S+. The SMILES string of the molecule is CCCCCCCCCCCC[N+](C)(C)C(CC)S(=O)(=O)O. The summed E-state index contributed by atoms with van der Waals surface area (Å²) in [5, 5.41) is -0.703. The third kappa shape index (κ3) is 9.80. The summed E-state index contributed by atoms with van der Waals surface area (Å²) in [6, 6.07) is 0. The molecule has 0 bridgehead atoms. The lowest BCUT2D eigenvalue weighted by Gasteiger charge is -2.35. The normalized spacial score (nSPS) is 14.2. The molecule has 0 aliphatic heterocycles. The van der Waals surface area contributed by atoms with Gasteiger partial charge in [-0.1, -0.05) is 65.2 Å². The van der Waals surface area contributed by atoms with E-state index in [-0.39, 0.29) is 0 Å². The van der Waals surface area contributed by atoms with Crippen molar-refractivity contribution in [1.29, 1.82) is 0 Å². The van der Waals surface area contributed by atoms with E-state index in [2.05, 4.69) is 6.92 Å². The number of hydrogen-bond donors (Lipinski definition) is 1. The Balaban J connectivity index is 3.77. The van der Waals surface area contributed by atoms with Crippen molar-refractivity contribution in [1.82, 2.24) is 0 Å². The molecule has 0 fully saturated rings. The minimum Gasteiger partial charge on any atom is -0.312 e. The first-order chi connectivity index (χ1) is 10.3. The Bertz CT molecular complexity index is 366. The van der Waals surface area contributed by atoms with Gasteiger partial charge < -0.3 is 4.48 Å². The minimum absolute atomic E-state index is 0.354. The van der Waals surface area contributed by atoms with Crippen molar-refractivity contribution in [3.05, 3.63) is 0 Å². The van der Waals surface area contributed by atoms with Crippen LogP contribution >= 0.6 is 0 Å². The van der Waals surface area contributed by atoms with Crippen LogP contribution in [0.2, 0.25) is 0 Å². The Hall–Kier alpha value is -0.130. The van der Waals surface area contributed by atoms with Crippen LogP contribution in [0.4, 0.5) is 0 Å². The van der Waals surface area contributed by atoms with Crippen LogP contribution in [0.15, 0.2) is 0 Å². The summed E-state index contributed by atoms with van der Waals surface area (Å²) in [5.41, 5.74) is 0. The zero-order chi connectivity index (χ0) is 17.1. The number of hydrogen-bond acceptors (Lipinski definition) is 2. The lowest BCUT2D eigenvalue weighted by Crippen LogP contribution is -2.52. The maximum absolute atomic E-state index is 11.4. The first-order valence-corrected chi connectivity index (χ1v) is 10.5. The topological polar surface area (TPSA) is 54.4 Å². The van der Waals surface area contributed by atoms with E-state index < -0.39 is 15.5 Å². The largest absolute Gasteiger partial charge is 0.319 e. The van der Waals surface area contributed by atoms with Crippen LogP contribution in [0.1, 0.15) is 84.5 Å². The van der Waals surface area contributed by atoms with Gasteiger partial charge in [0.1, 0.15) is 0 Å². The van der Waals surface area contributed by atoms with Crippen molar-refractivity contribution in [2.45, 2.75) is 89.9 Å². The van der Waals surface area contributed by atoms with E-state index in [1.807, 2.05) is 21.0 Å². The molecule has 0 aliphatic carbocycles. The molecule has 5 heteroatoms. The highest BCUT2D eigenvalue weighted by molar-refractivity contribution is 7.86. The summed E-state index contributed by atoms with van der Waals surface area (Å²) >= 11 is 0. The van der Waals surface area contributed by atoms with Gasteiger partial charge in [-0.05, 0) is 12.8 Å². The van der Waals surface area contributed by atoms with Gasteiger partial charge in [-0.3, -0.25) is 4.55 Å². The second kappa shape index (κ2) is 11.4. The molecule has 4 nitrogen and oxygen atoms in total. The second-order valence-electron chi connectivity index (χ2n) is 7.06.